The number of aliphatic imine (C=N–C) groups is 1. The summed E-state index contributed by atoms with van der Waals surface area (Å²) in [5.74, 6) is 0.970. The highest BCUT2D eigenvalue weighted by Crippen LogP contribution is 2.43. The lowest BCUT2D eigenvalue weighted by Gasteiger charge is -2.26. The van der Waals surface area contributed by atoms with Crippen LogP contribution in [-0.2, 0) is 0 Å². The van der Waals surface area contributed by atoms with Crippen LogP contribution < -0.4 is 5.32 Å². The van der Waals surface area contributed by atoms with E-state index in [-0.39, 0.29) is 0 Å². The largest absolute Gasteiger partial charge is 0.356 e. The van der Waals surface area contributed by atoms with E-state index in [0.717, 1.165) is 23.6 Å². The third-order valence-corrected chi connectivity index (χ3v) is 3.42. The molecule has 0 spiro atoms. The number of hydrogen-bond acceptors (Lipinski definition) is 3. The van der Waals surface area contributed by atoms with Gasteiger partial charge in [0.25, 0.3) is 0 Å². The van der Waals surface area contributed by atoms with Gasteiger partial charge in [-0.05, 0) is 5.56 Å². The Hall–Kier alpha value is -2.29. The summed E-state index contributed by atoms with van der Waals surface area (Å²) in [5, 5.41) is 3.34. The molecule has 0 saturated carbocycles. The van der Waals surface area contributed by atoms with E-state index in [0.29, 0.717) is 0 Å². The van der Waals surface area contributed by atoms with E-state index in [1.807, 2.05) is 12.4 Å². The maximum atomic E-state index is 4.34. The van der Waals surface area contributed by atoms with Gasteiger partial charge in [-0.3, -0.25) is 0 Å². The zero-order valence-electron chi connectivity index (χ0n) is 9.27. The Morgan fingerprint density at radius 3 is 2.94 bits per heavy atom. The molecule has 0 aromatic heterocycles. The van der Waals surface area contributed by atoms with Crippen LogP contribution >= 0.6 is 0 Å². The summed E-state index contributed by atoms with van der Waals surface area (Å²) in [4.78, 5) is 6.54. The predicted octanol–water partition coefficient (Wildman–Crippen LogP) is 2.17. The molecule has 0 saturated heterocycles. The zero-order valence-corrected chi connectivity index (χ0v) is 9.27. The molecule has 3 nitrogen and oxygen atoms in total. The van der Waals surface area contributed by atoms with Crippen LogP contribution in [0.2, 0.25) is 0 Å². The number of rotatable bonds is 0. The fourth-order valence-corrected chi connectivity index (χ4v) is 2.65. The van der Waals surface area contributed by atoms with E-state index >= 15 is 0 Å². The number of fused-ring (bicyclic) bond motifs is 4. The molecule has 1 N–H and O–H groups in total. The monoisotopic (exact) mass is 221 g/mol. The van der Waals surface area contributed by atoms with Crippen molar-refractivity contribution >= 4 is 17.5 Å². The fraction of sp³-hybridized carbons (Fsp3) is 0.0714. The van der Waals surface area contributed by atoms with Crippen LogP contribution in [0.5, 0.6) is 0 Å². The van der Waals surface area contributed by atoms with Gasteiger partial charge >= 0.3 is 0 Å². The highest BCUT2D eigenvalue weighted by molar-refractivity contribution is 5.99. The van der Waals surface area contributed by atoms with Crippen molar-refractivity contribution in [2.24, 2.45) is 4.99 Å². The molecule has 0 fully saturated rings. The van der Waals surface area contributed by atoms with Gasteiger partial charge < -0.3 is 10.2 Å². The Morgan fingerprint density at radius 1 is 1.24 bits per heavy atom. The minimum absolute atomic E-state index is 0.833. The lowest BCUT2D eigenvalue weighted by atomic mass is 10.1. The lowest BCUT2D eigenvalue weighted by Crippen LogP contribution is -2.26. The van der Waals surface area contributed by atoms with Gasteiger partial charge in [-0.2, -0.15) is 0 Å². The Bertz CT molecular complexity index is 635. The van der Waals surface area contributed by atoms with Crippen LogP contribution in [0.1, 0.15) is 11.1 Å². The van der Waals surface area contributed by atoms with Crippen LogP contribution in [0.3, 0.4) is 0 Å². The maximum absolute atomic E-state index is 4.34. The van der Waals surface area contributed by atoms with Crippen LogP contribution in [0.15, 0.2) is 53.6 Å². The highest BCUT2D eigenvalue weighted by Gasteiger charge is 2.33. The van der Waals surface area contributed by atoms with Crippen LogP contribution in [0, 0.1) is 0 Å². The summed E-state index contributed by atoms with van der Waals surface area (Å²) >= 11 is 0. The molecule has 1 aliphatic carbocycles. The smallest absolute Gasteiger partial charge is 0.149 e. The van der Waals surface area contributed by atoms with E-state index in [2.05, 4.69) is 46.1 Å². The number of hydrogen-bond donors (Lipinski definition) is 1. The van der Waals surface area contributed by atoms with Gasteiger partial charge in [0.1, 0.15) is 5.82 Å². The van der Waals surface area contributed by atoms with E-state index < -0.39 is 0 Å². The summed E-state index contributed by atoms with van der Waals surface area (Å²) in [6.07, 6.45) is 3.89. The van der Waals surface area contributed by atoms with Gasteiger partial charge in [-0.1, -0.05) is 30.8 Å². The van der Waals surface area contributed by atoms with Gasteiger partial charge in [-0.25, -0.2) is 4.99 Å². The van der Waals surface area contributed by atoms with Crippen molar-refractivity contribution in [3.63, 3.8) is 0 Å². The minimum atomic E-state index is 0.833. The standard InChI is InChI=1S/C14H11N3/c1-9-10-4-2-3-5-11(10)13-14(9)17-7-6-15-12(17)8-16-13/h2-6,8,16H,1,7H2. The third kappa shape index (κ3) is 0.984. The van der Waals surface area contributed by atoms with E-state index in [1.165, 1.54) is 16.8 Å². The van der Waals surface area contributed by atoms with Crippen molar-refractivity contribution in [3.05, 3.63) is 59.7 Å². The van der Waals surface area contributed by atoms with Crippen molar-refractivity contribution in [2.45, 2.75) is 0 Å². The summed E-state index contributed by atoms with van der Waals surface area (Å²) in [5.41, 5.74) is 5.85. The SMILES string of the molecule is C=C1C2=C(NC=C3N=CCN32)c2ccccc21. The predicted molar refractivity (Wildman–Crippen MR) is 68.8 cm³/mol. The van der Waals surface area contributed by atoms with Crippen LogP contribution in [0.4, 0.5) is 0 Å². The number of allylic oxidation sites excluding steroid dienone is 1. The molecule has 4 rings (SSSR count). The molecule has 0 atom stereocenters. The molecule has 82 valence electrons. The zero-order chi connectivity index (χ0) is 11.4. The Labute approximate surface area is 99.5 Å². The summed E-state index contributed by atoms with van der Waals surface area (Å²) < 4.78 is 0. The van der Waals surface area contributed by atoms with Crippen molar-refractivity contribution in [3.8, 4) is 0 Å². The van der Waals surface area contributed by atoms with Crippen LogP contribution in [0.25, 0.3) is 11.3 Å². The molecule has 0 amide bonds. The van der Waals surface area contributed by atoms with Crippen molar-refractivity contribution in [2.75, 3.05) is 6.54 Å². The molecule has 2 aliphatic heterocycles. The first-order chi connectivity index (χ1) is 8.36. The van der Waals surface area contributed by atoms with Gasteiger partial charge in [0.15, 0.2) is 0 Å². The molecule has 2 heterocycles. The number of benzene rings is 1. The molecular formula is C14H11N3. The van der Waals surface area contributed by atoms with Gasteiger partial charge in [-0.15, -0.1) is 0 Å². The second-order valence-corrected chi connectivity index (χ2v) is 4.32. The second kappa shape index (κ2) is 2.88. The Balaban J connectivity index is 1.93. The number of nitrogens with zero attached hydrogens (tertiary/aromatic N) is 2. The Morgan fingerprint density at radius 2 is 2.06 bits per heavy atom. The van der Waals surface area contributed by atoms with E-state index in [1.54, 1.807) is 0 Å². The van der Waals surface area contributed by atoms with Crippen molar-refractivity contribution < 1.29 is 0 Å². The van der Waals surface area contributed by atoms with E-state index in [4.69, 9.17) is 0 Å². The average Bonchev–Trinajstić information content (AvgIpc) is 2.93. The lowest BCUT2D eigenvalue weighted by molar-refractivity contribution is 0.515. The first-order valence-electron chi connectivity index (χ1n) is 5.66. The fourth-order valence-electron chi connectivity index (χ4n) is 2.65. The molecule has 1 aromatic carbocycles. The molecule has 1 aromatic rings. The maximum Gasteiger partial charge on any atom is 0.149 e. The van der Waals surface area contributed by atoms with Gasteiger partial charge in [0.2, 0.25) is 0 Å². The van der Waals surface area contributed by atoms with Crippen molar-refractivity contribution in [1.29, 1.82) is 0 Å². The first kappa shape index (κ1) is 8.82. The molecule has 0 radical (unpaired) electrons. The quantitative estimate of drug-likeness (QED) is 0.727. The van der Waals surface area contributed by atoms with Crippen molar-refractivity contribution in [1.82, 2.24) is 10.2 Å². The highest BCUT2D eigenvalue weighted by atomic mass is 15.3. The molecule has 0 bridgehead atoms. The normalized spacial score (nSPS) is 19.9. The summed E-state index contributed by atoms with van der Waals surface area (Å²) in [6.45, 7) is 5.05. The number of nitrogens with one attached hydrogen (secondary N) is 1. The first-order valence-corrected chi connectivity index (χ1v) is 5.66. The minimum Gasteiger partial charge on any atom is -0.356 e. The summed E-state index contributed by atoms with van der Waals surface area (Å²) in [7, 11) is 0. The molecule has 3 heteroatoms. The second-order valence-electron chi connectivity index (χ2n) is 4.32. The van der Waals surface area contributed by atoms with Gasteiger partial charge in [0.05, 0.1) is 17.9 Å². The van der Waals surface area contributed by atoms with E-state index in [9.17, 15) is 0 Å². The third-order valence-electron chi connectivity index (χ3n) is 3.42. The average molecular weight is 221 g/mol. The Kier molecular flexibility index (Phi) is 1.50. The molecule has 0 unspecified atom stereocenters. The molecular weight excluding hydrogens is 210 g/mol. The van der Waals surface area contributed by atoms with Gasteiger partial charge in [0, 0.05) is 23.6 Å². The van der Waals surface area contributed by atoms with Crippen LogP contribution in [-0.4, -0.2) is 17.7 Å². The summed E-state index contributed by atoms with van der Waals surface area (Å²) in [6, 6.07) is 8.36. The molecule has 3 aliphatic rings. The molecule has 17 heavy (non-hydrogen) atoms. The topological polar surface area (TPSA) is 27.6 Å².